The normalized spacial score (nSPS) is 15.3. The van der Waals surface area contributed by atoms with E-state index in [1.807, 2.05) is 6.07 Å². The van der Waals surface area contributed by atoms with E-state index in [1.165, 1.54) is 5.56 Å². The molecule has 0 spiro atoms. The van der Waals surface area contributed by atoms with Crippen LogP contribution in [0.2, 0.25) is 0 Å². The largest absolute Gasteiger partial charge is 0.337 e. The first-order valence-corrected chi connectivity index (χ1v) is 10.3. The summed E-state index contributed by atoms with van der Waals surface area (Å²) in [6.07, 6.45) is 3.07. The van der Waals surface area contributed by atoms with Crippen LogP contribution in [0.4, 0.5) is 4.79 Å². The molecular formula is C21H32N6O. The van der Waals surface area contributed by atoms with Gasteiger partial charge in [-0.05, 0) is 31.2 Å². The Balaban J connectivity index is 1.47. The Morgan fingerprint density at radius 2 is 1.93 bits per heavy atom. The fourth-order valence-electron chi connectivity index (χ4n) is 3.75. The fourth-order valence-corrected chi connectivity index (χ4v) is 3.75. The first-order chi connectivity index (χ1) is 13.5. The van der Waals surface area contributed by atoms with Crippen molar-refractivity contribution in [1.82, 2.24) is 30.7 Å². The quantitative estimate of drug-likeness (QED) is 0.621. The molecule has 1 aromatic carbocycles. The first-order valence-electron chi connectivity index (χ1n) is 10.3. The zero-order valence-corrected chi connectivity index (χ0v) is 17.1. The second-order valence-electron chi connectivity index (χ2n) is 7.98. The van der Waals surface area contributed by atoms with Crippen LogP contribution in [0.25, 0.3) is 0 Å². The Morgan fingerprint density at radius 3 is 2.68 bits per heavy atom. The van der Waals surface area contributed by atoms with E-state index in [0.717, 1.165) is 37.5 Å². The molecule has 3 N–H and O–H groups in total. The highest BCUT2D eigenvalue weighted by Gasteiger charge is 2.18. The number of rotatable bonds is 9. The monoisotopic (exact) mass is 384 g/mol. The Bertz CT molecular complexity index is 758. The van der Waals surface area contributed by atoms with Crippen molar-refractivity contribution in [2.24, 2.45) is 5.92 Å². The molecule has 0 saturated heterocycles. The van der Waals surface area contributed by atoms with Crippen molar-refractivity contribution in [2.75, 3.05) is 6.54 Å². The molecular weight excluding hydrogens is 352 g/mol. The Kier molecular flexibility index (Phi) is 7.03. The third-order valence-corrected chi connectivity index (χ3v) is 5.14. The number of hydrogen-bond donors (Lipinski definition) is 3. The number of carbonyl (C=O) groups excluding carboxylic acids is 1. The van der Waals surface area contributed by atoms with Crippen molar-refractivity contribution in [3.8, 4) is 0 Å². The fraction of sp³-hybridized carbons (Fsp3) is 0.571. The molecule has 7 nitrogen and oxygen atoms in total. The number of aromatic nitrogens is 3. The number of urea groups is 1. The summed E-state index contributed by atoms with van der Waals surface area (Å²) in [4.78, 5) is 12.3. The van der Waals surface area contributed by atoms with Gasteiger partial charge in [0.15, 0.2) is 5.82 Å². The van der Waals surface area contributed by atoms with E-state index in [1.54, 1.807) is 0 Å². The van der Waals surface area contributed by atoms with Gasteiger partial charge in [-0.25, -0.2) is 4.79 Å². The molecule has 1 aliphatic heterocycles. The van der Waals surface area contributed by atoms with Crippen molar-refractivity contribution in [1.29, 1.82) is 0 Å². The van der Waals surface area contributed by atoms with Crippen molar-refractivity contribution in [3.05, 3.63) is 47.5 Å². The summed E-state index contributed by atoms with van der Waals surface area (Å²) < 4.78 is 2.10. The van der Waals surface area contributed by atoms with Crippen LogP contribution in [-0.2, 0) is 19.5 Å². The second-order valence-corrected chi connectivity index (χ2v) is 7.98. The third kappa shape index (κ3) is 5.55. The maximum absolute atomic E-state index is 12.3. The number of hydrogen-bond acceptors (Lipinski definition) is 4. The zero-order chi connectivity index (χ0) is 19.9. The van der Waals surface area contributed by atoms with Crippen LogP contribution in [0.1, 0.15) is 56.9 Å². The summed E-state index contributed by atoms with van der Waals surface area (Å²) in [5.41, 5.74) is 1.25. The molecule has 7 heteroatoms. The lowest BCUT2D eigenvalue weighted by Crippen LogP contribution is -2.45. The summed E-state index contributed by atoms with van der Waals surface area (Å²) in [7, 11) is 0. The highest BCUT2D eigenvalue weighted by atomic mass is 16.2. The van der Waals surface area contributed by atoms with Crippen molar-refractivity contribution in [3.63, 3.8) is 0 Å². The van der Waals surface area contributed by atoms with Gasteiger partial charge in [0.25, 0.3) is 0 Å². The minimum absolute atomic E-state index is 0.168. The number of nitrogens with zero attached hydrogens (tertiary/aromatic N) is 3. The van der Waals surface area contributed by atoms with E-state index in [-0.39, 0.29) is 18.1 Å². The third-order valence-electron chi connectivity index (χ3n) is 5.14. The van der Waals surface area contributed by atoms with Crippen molar-refractivity contribution < 1.29 is 4.79 Å². The van der Waals surface area contributed by atoms with Crippen molar-refractivity contribution >= 4 is 6.03 Å². The van der Waals surface area contributed by atoms with E-state index < -0.39 is 0 Å². The molecule has 0 radical (unpaired) electrons. The lowest BCUT2D eigenvalue weighted by atomic mass is 10.0. The molecule has 0 fully saturated rings. The van der Waals surface area contributed by atoms with E-state index in [9.17, 15) is 4.79 Å². The van der Waals surface area contributed by atoms with Crippen LogP contribution in [0, 0.1) is 5.92 Å². The lowest BCUT2D eigenvalue weighted by Gasteiger charge is -2.25. The summed E-state index contributed by atoms with van der Waals surface area (Å²) in [5, 5.41) is 17.9. The Hall–Kier alpha value is -2.41. The van der Waals surface area contributed by atoms with Gasteiger partial charge in [0.05, 0.1) is 6.54 Å². The minimum atomic E-state index is -0.168. The summed E-state index contributed by atoms with van der Waals surface area (Å²) in [5.74, 6) is 2.40. The van der Waals surface area contributed by atoms with Crippen LogP contribution >= 0.6 is 0 Å². The van der Waals surface area contributed by atoms with Crippen LogP contribution in [0.15, 0.2) is 30.3 Å². The number of carbonyl (C=O) groups is 1. The number of aryl methyl sites for hydroxylation is 1. The van der Waals surface area contributed by atoms with E-state index >= 15 is 0 Å². The minimum Gasteiger partial charge on any atom is -0.337 e. The molecule has 0 bridgehead atoms. The van der Waals surface area contributed by atoms with Gasteiger partial charge in [-0.1, -0.05) is 44.2 Å². The van der Waals surface area contributed by atoms with Crippen molar-refractivity contribution in [2.45, 2.75) is 65.2 Å². The molecule has 1 aromatic heterocycles. The smallest absolute Gasteiger partial charge is 0.315 e. The number of amides is 2. The first kappa shape index (κ1) is 20.3. The van der Waals surface area contributed by atoms with E-state index in [2.05, 4.69) is 75.8 Å². The molecule has 1 aliphatic rings. The average molecular weight is 385 g/mol. The zero-order valence-electron chi connectivity index (χ0n) is 17.1. The van der Waals surface area contributed by atoms with Crippen LogP contribution in [-0.4, -0.2) is 33.4 Å². The van der Waals surface area contributed by atoms with Gasteiger partial charge < -0.3 is 20.5 Å². The van der Waals surface area contributed by atoms with Gasteiger partial charge >= 0.3 is 6.03 Å². The number of nitrogens with one attached hydrogen (secondary N) is 3. The van der Waals surface area contributed by atoms with Gasteiger partial charge in [0.1, 0.15) is 5.82 Å². The summed E-state index contributed by atoms with van der Waals surface area (Å²) in [6, 6.07) is 10.7. The van der Waals surface area contributed by atoms with E-state index in [0.29, 0.717) is 19.0 Å². The average Bonchev–Trinajstić information content (AvgIpc) is 3.29. The van der Waals surface area contributed by atoms with Gasteiger partial charge in [-0.15, -0.1) is 10.2 Å². The topological polar surface area (TPSA) is 83.9 Å². The Morgan fingerprint density at radius 1 is 1.14 bits per heavy atom. The SMILES string of the molecule is CC(C)C[C@H](CNC(=O)NCc1nnc2n1CCC2)N[C@H](C)c1ccccc1. The molecule has 3 rings (SSSR count). The maximum atomic E-state index is 12.3. The molecule has 2 atom stereocenters. The van der Waals surface area contributed by atoms with Gasteiger partial charge in [0, 0.05) is 31.6 Å². The van der Waals surface area contributed by atoms with Crippen LogP contribution in [0.3, 0.4) is 0 Å². The Labute approximate surface area is 167 Å². The highest BCUT2D eigenvalue weighted by molar-refractivity contribution is 5.73. The predicted octanol–water partition coefficient (Wildman–Crippen LogP) is 2.79. The van der Waals surface area contributed by atoms with Gasteiger partial charge in [-0.3, -0.25) is 0 Å². The highest BCUT2D eigenvalue weighted by Crippen LogP contribution is 2.15. The lowest BCUT2D eigenvalue weighted by molar-refractivity contribution is 0.237. The number of benzene rings is 1. The van der Waals surface area contributed by atoms with Gasteiger partial charge in [0.2, 0.25) is 0 Å². The van der Waals surface area contributed by atoms with Crippen LogP contribution < -0.4 is 16.0 Å². The summed E-state index contributed by atoms with van der Waals surface area (Å²) >= 11 is 0. The predicted molar refractivity (Wildman–Crippen MR) is 110 cm³/mol. The number of fused-ring (bicyclic) bond motifs is 1. The molecule has 2 amide bonds. The molecule has 0 saturated carbocycles. The molecule has 152 valence electrons. The second kappa shape index (κ2) is 9.68. The summed E-state index contributed by atoms with van der Waals surface area (Å²) in [6.45, 7) is 8.50. The van der Waals surface area contributed by atoms with Crippen LogP contribution in [0.5, 0.6) is 0 Å². The van der Waals surface area contributed by atoms with E-state index in [4.69, 9.17) is 0 Å². The molecule has 0 aliphatic carbocycles. The molecule has 2 aromatic rings. The standard InChI is InChI=1S/C21H32N6O/c1-15(2)12-18(24-16(3)17-8-5-4-6-9-17)13-22-21(28)23-14-20-26-25-19-10-7-11-27(19)20/h4-6,8-9,15-16,18,24H,7,10-14H2,1-3H3,(H2,22,23,28)/t16-,18-/m1/s1. The molecule has 2 heterocycles. The van der Waals surface area contributed by atoms with Gasteiger partial charge in [-0.2, -0.15) is 0 Å². The molecule has 0 unspecified atom stereocenters. The maximum Gasteiger partial charge on any atom is 0.315 e. The molecule has 28 heavy (non-hydrogen) atoms.